The van der Waals surface area contributed by atoms with Crippen LogP contribution in [0.5, 0.6) is 5.75 Å². The third-order valence-electron chi connectivity index (χ3n) is 2.75. The van der Waals surface area contributed by atoms with E-state index in [9.17, 15) is 18.0 Å². The van der Waals surface area contributed by atoms with Gasteiger partial charge in [-0.25, -0.2) is 0 Å². The summed E-state index contributed by atoms with van der Waals surface area (Å²) >= 11 is 0. The van der Waals surface area contributed by atoms with Gasteiger partial charge in [0.15, 0.2) is 0 Å². The molecule has 1 aromatic rings. The minimum absolute atomic E-state index is 0.116. The Morgan fingerprint density at radius 2 is 2.10 bits per heavy atom. The Morgan fingerprint density at radius 3 is 2.57 bits per heavy atom. The van der Waals surface area contributed by atoms with E-state index in [1.807, 2.05) is 0 Å². The van der Waals surface area contributed by atoms with Crippen molar-refractivity contribution < 1.29 is 22.7 Å². The van der Waals surface area contributed by atoms with E-state index >= 15 is 0 Å². The number of alkyl halides is 3. The summed E-state index contributed by atoms with van der Waals surface area (Å²) in [6, 6.07) is 4.65. The van der Waals surface area contributed by atoms with Crippen molar-refractivity contribution in [2.45, 2.75) is 13.1 Å². The number of nitrogen functional groups attached to an aromatic ring is 1. The molecular weight excluding hydrogens is 287 g/mol. The van der Waals surface area contributed by atoms with E-state index in [1.165, 1.54) is 19.2 Å². The van der Waals surface area contributed by atoms with E-state index in [0.29, 0.717) is 11.4 Å². The van der Waals surface area contributed by atoms with Crippen molar-refractivity contribution in [3.63, 3.8) is 0 Å². The van der Waals surface area contributed by atoms with Gasteiger partial charge in [-0.05, 0) is 18.7 Å². The Balaban J connectivity index is 2.64. The van der Waals surface area contributed by atoms with Crippen LogP contribution in [0.3, 0.4) is 0 Å². The molecule has 0 aliphatic rings. The Hall–Kier alpha value is -1.96. The van der Waals surface area contributed by atoms with Gasteiger partial charge in [0.25, 0.3) is 0 Å². The molecule has 0 saturated carbocycles. The maximum absolute atomic E-state index is 12.3. The van der Waals surface area contributed by atoms with Crippen molar-refractivity contribution in [1.29, 1.82) is 0 Å². The van der Waals surface area contributed by atoms with Crippen LogP contribution in [0.15, 0.2) is 18.2 Å². The third kappa shape index (κ3) is 5.90. The van der Waals surface area contributed by atoms with Crippen LogP contribution in [0, 0.1) is 0 Å². The lowest BCUT2D eigenvalue weighted by Crippen LogP contribution is -2.39. The zero-order chi connectivity index (χ0) is 16.0. The molecule has 0 heterocycles. The Morgan fingerprint density at radius 1 is 1.43 bits per heavy atom. The number of nitrogens with two attached hydrogens (primary N) is 1. The summed E-state index contributed by atoms with van der Waals surface area (Å²) in [6.45, 7) is 0.183. The van der Waals surface area contributed by atoms with Crippen molar-refractivity contribution >= 4 is 17.3 Å². The molecule has 0 aromatic heterocycles. The first-order chi connectivity index (χ1) is 9.75. The lowest BCUT2D eigenvalue weighted by molar-refractivity contribution is -0.147. The molecule has 0 radical (unpaired) electrons. The number of hydrogen-bond donors (Lipinski definition) is 2. The molecule has 0 aliphatic carbocycles. The van der Waals surface area contributed by atoms with Gasteiger partial charge in [-0.3, -0.25) is 9.69 Å². The molecule has 0 aliphatic heterocycles. The van der Waals surface area contributed by atoms with Crippen molar-refractivity contribution in [1.82, 2.24) is 4.90 Å². The highest BCUT2D eigenvalue weighted by Crippen LogP contribution is 2.24. The second-order valence-corrected chi connectivity index (χ2v) is 4.42. The number of halogens is 3. The lowest BCUT2D eigenvalue weighted by Gasteiger charge is -2.21. The summed E-state index contributed by atoms with van der Waals surface area (Å²) in [6.07, 6.45) is -4.34. The zero-order valence-electron chi connectivity index (χ0n) is 11.8. The van der Waals surface area contributed by atoms with Crippen LogP contribution in [-0.4, -0.2) is 43.7 Å². The Bertz CT molecular complexity index is 492. The normalized spacial score (nSPS) is 11.5. The van der Waals surface area contributed by atoms with Crippen LogP contribution in [0.2, 0.25) is 0 Å². The molecule has 21 heavy (non-hydrogen) atoms. The average Bonchev–Trinajstić information content (AvgIpc) is 2.38. The van der Waals surface area contributed by atoms with Crippen LogP contribution < -0.4 is 15.8 Å². The molecule has 5 nitrogen and oxygen atoms in total. The molecule has 8 heteroatoms. The van der Waals surface area contributed by atoms with Gasteiger partial charge >= 0.3 is 6.18 Å². The van der Waals surface area contributed by atoms with Crippen molar-refractivity contribution in [3.8, 4) is 5.75 Å². The van der Waals surface area contributed by atoms with Crippen LogP contribution in [-0.2, 0) is 4.79 Å². The number of ether oxygens (including phenoxy) is 1. The molecule has 0 unspecified atom stereocenters. The van der Waals surface area contributed by atoms with E-state index in [2.05, 4.69) is 5.32 Å². The number of nitrogens with one attached hydrogen (secondary N) is 1. The highest BCUT2D eigenvalue weighted by atomic mass is 19.4. The van der Waals surface area contributed by atoms with Gasteiger partial charge < -0.3 is 15.8 Å². The molecule has 0 fully saturated rings. The number of anilines is 2. The smallest absolute Gasteiger partial charge is 0.401 e. The first-order valence-electron chi connectivity index (χ1n) is 6.27. The van der Waals surface area contributed by atoms with E-state index in [0.717, 1.165) is 4.90 Å². The number of carbonyl (C=O) groups excluding carboxylic acids is 1. The summed E-state index contributed by atoms with van der Waals surface area (Å²) in [5, 5.41) is 2.48. The summed E-state index contributed by atoms with van der Waals surface area (Å²) in [4.78, 5) is 12.8. The fourth-order valence-electron chi connectivity index (χ4n) is 1.71. The molecule has 1 rings (SSSR count). The highest BCUT2D eigenvalue weighted by molar-refractivity contribution is 5.95. The van der Waals surface area contributed by atoms with E-state index < -0.39 is 18.6 Å². The number of benzene rings is 1. The molecule has 0 saturated heterocycles. The minimum atomic E-state index is -4.34. The van der Waals surface area contributed by atoms with Gasteiger partial charge in [-0.1, -0.05) is 6.92 Å². The molecule has 1 amide bonds. The van der Waals surface area contributed by atoms with Crippen molar-refractivity contribution in [2.75, 3.05) is 37.8 Å². The minimum Gasteiger partial charge on any atom is -0.497 e. The Kier molecular flexibility index (Phi) is 5.83. The van der Waals surface area contributed by atoms with Crippen LogP contribution in [0.1, 0.15) is 6.92 Å². The standard InChI is InChI=1S/C13H18F3N3O2/c1-3-19(8-13(14,15)16)7-12(20)18-11-5-4-9(21-2)6-10(11)17/h4-6H,3,7-8,17H2,1-2H3,(H,18,20). The van der Waals surface area contributed by atoms with Crippen LogP contribution >= 0.6 is 0 Å². The van der Waals surface area contributed by atoms with Crippen LogP contribution in [0.4, 0.5) is 24.5 Å². The van der Waals surface area contributed by atoms with E-state index in [1.54, 1.807) is 13.0 Å². The molecule has 0 atom stereocenters. The SMILES string of the molecule is CCN(CC(=O)Nc1ccc(OC)cc1N)CC(F)(F)F. The van der Waals surface area contributed by atoms with Gasteiger partial charge in [-0.2, -0.15) is 13.2 Å². The molecule has 0 spiro atoms. The number of likely N-dealkylation sites (N-methyl/N-ethyl adjacent to an activating group) is 1. The predicted molar refractivity (Wildman–Crippen MR) is 74.2 cm³/mol. The second kappa shape index (κ2) is 7.16. The fraction of sp³-hybridized carbons (Fsp3) is 0.462. The lowest BCUT2D eigenvalue weighted by atomic mass is 10.2. The first kappa shape index (κ1) is 17.1. The highest BCUT2D eigenvalue weighted by Gasteiger charge is 2.30. The number of amides is 1. The average molecular weight is 305 g/mol. The maximum atomic E-state index is 12.3. The van der Waals surface area contributed by atoms with Gasteiger partial charge in [0, 0.05) is 6.07 Å². The molecule has 0 bridgehead atoms. The molecule has 3 N–H and O–H groups in total. The summed E-state index contributed by atoms with van der Waals surface area (Å²) in [5.41, 5.74) is 6.34. The van der Waals surface area contributed by atoms with Crippen LogP contribution in [0.25, 0.3) is 0 Å². The topological polar surface area (TPSA) is 67.6 Å². The number of methoxy groups -OCH3 is 1. The van der Waals surface area contributed by atoms with E-state index in [-0.39, 0.29) is 18.8 Å². The van der Waals surface area contributed by atoms with Gasteiger partial charge in [0.05, 0.1) is 31.6 Å². The maximum Gasteiger partial charge on any atom is 0.401 e. The third-order valence-corrected chi connectivity index (χ3v) is 2.75. The van der Waals surface area contributed by atoms with Gasteiger partial charge in [0.1, 0.15) is 5.75 Å². The summed E-state index contributed by atoms with van der Waals surface area (Å²) in [7, 11) is 1.48. The number of hydrogen-bond acceptors (Lipinski definition) is 4. The van der Waals surface area contributed by atoms with E-state index in [4.69, 9.17) is 10.5 Å². The number of carbonyl (C=O) groups is 1. The largest absolute Gasteiger partial charge is 0.497 e. The van der Waals surface area contributed by atoms with Gasteiger partial charge in [0.2, 0.25) is 5.91 Å². The van der Waals surface area contributed by atoms with Gasteiger partial charge in [-0.15, -0.1) is 0 Å². The quantitative estimate of drug-likeness (QED) is 0.790. The molecule has 118 valence electrons. The summed E-state index contributed by atoms with van der Waals surface area (Å²) in [5.74, 6) is -0.0317. The Labute approximate surface area is 120 Å². The molecule has 1 aromatic carbocycles. The predicted octanol–water partition coefficient (Wildman–Crippen LogP) is 2.10. The zero-order valence-corrected chi connectivity index (χ0v) is 11.8. The fourth-order valence-corrected chi connectivity index (χ4v) is 1.71. The van der Waals surface area contributed by atoms with Crippen molar-refractivity contribution in [2.24, 2.45) is 0 Å². The second-order valence-electron chi connectivity index (χ2n) is 4.42. The molecular formula is C13H18F3N3O2. The van der Waals surface area contributed by atoms with Crippen molar-refractivity contribution in [3.05, 3.63) is 18.2 Å². The summed E-state index contributed by atoms with van der Waals surface area (Å²) < 4.78 is 41.9. The monoisotopic (exact) mass is 305 g/mol. The number of nitrogens with zero attached hydrogens (tertiary/aromatic N) is 1. The first-order valence-corrected chi connectivity index (χ1v) is 6.27. The number of rotatable bonds is 6.